The molecule has 0 radical (unpaired) electrons. The van der Waals surface area contributed by atoms with Gasteiger partial charge in [0.1, 0.15) is 0 Å². The van der Waals surface area contributed by atoms with Gasteiger partial charge in [-0.2, -0.15) is 0 Å². The van der Waals surface area contributed by atoms with E-state index in [9.17, 15) is 9.59 Å². The first kappa shape index (κ1) is 17.9. The van der Waals surface area contributed by atoms with Gasteiger partial charge in [0.05, 0.1) is 4.88 Å². The summed E-state index contributed by atoms with van der Waals surface area (Å²) in [5.41, 5.74) is 1.30. The molecule has 0 fully saturated rings. The van der Waals surface area contributed by atoms with Gasteiger partial charge in [-0.15, -0.1) is 11.3 Å². The fourth-order valence-electron chi connectivity index (χ4n) is 2.99. The molecule has 1 amide bonds. The van der Waals surface area contributed by atoms with Gasteiger partial charge in [0.25, 0.3) is 5.91 Å². The molecule has 4 aromatic rings. The molecule has 1 aromatic heterocycles. The van der Waals surface area contributed by atoms with Crippen LogP contribution in [0, 0.1) is 0 Å². The van der Waals surface area contributed by atoms with E-state index in [-0.39, 0.29) is 11.7 Å². The van der Waals surface area contributed by atoms with E-state index in [1.54, 1.807) is 30.3 Å². The molecule has 5 heteroatoms. The van der Waals surface area contributed by atoms with Crippen molar-refractivity contribution in [1.82, 2.24) is 5.32 Å². The van der Waals surface area contributed by atoms with Crippen LogP contribution in [0.5, 0.6) is 0 Å². The second kappa shape index (κ2) is 8.06. The number of benzene rings is 3. The second-order valence-electron chi connectivity index (χ2n) is 6.32. The number of hydrogen-bond acceptors (Lipinski definition) is 4. The molecule has 0 saturated carbocycles. The second-order valence-corrected chi connectivity index (χ2v) is 7.27. The number of Topliss-reactive ketones (excluding diaryl/α,β-unsaturated/α-hetero) is 1. The number of fused-ring (bicyclic) bond motifs is 1. The molecule has 0 aliphatic rings. The topological polar surface area (TPSA) is 58.2 Å². The number of rotatable bonds is 6. The summed E-state index contributed by atoms with van der Waals surface area (Å²) in [7, 11) is 0. The van der Waals surface area contributed by atoms with Crippen molar-refractivity contribution in [2.24, 2.45) is 0 Å². The van der Waals surface area contributed by atoms with Crippen LogP contribution in [0.1, 0.15) is 20.0 Å². The number of amides is 1. The van der Waals surface area contributed by atoms with Crippen LogP contribution in [0.2, 0.25) is 0 Å². The van der Waals surface area contributed by atoms with Crippen LogP contribution < -0.4 is 10.6 Å². The van der Waals surface area contributed by atoms with Crippen molar-refractivity contribution >= 4 is 39.5 Å². The average Bonchev–Trinajstić information content (AvgIpc) is 3.28. The lowest BCUT2D eigenvalue weighted by Crippen LogP contribution is -2.46. The molecule has 1 heterocycles. The number of nitrogens with one attached hydrogen (secondary N) is 2. The monoisotopic (exact) mass is 386 g/mol. The van der Waals surface area contributed by atoms with Gasteiger partial charge in [-0.05, 0) is 34.4 Å². The Labute approximate surface area is 166 Å². The first-order chi connectivity index (χ1) is 13.7. The Balaban J connectivity index is 1.63. The third-order valence-electron chi connectivity index (χ3n) is 4.40. The number of anilines is 1. The predicted molar refractivity (Wildman–Crippen MR) is 114 cm³/mol. The first-order valence-electron chi connectivity index (χ1n) is 8.90. The van der Waals surface area contributed by atoms with Crippen molar-refractivity contribution in [3.63, 3.8) is 0 Å². The van der Waals surface area contributed by atoms with Crippen LogP contribution in [-0.2, 0) is 0 Å². The van der Waals surface area contributed by atoms with Gasteiger partial charge in [-0.25, -0.2) is 0 Å². The van der Waals surface area contributed by atoms with Crippen molar-refractivity contribution in [2.45, 2.75) is 6.17 Å². The summed E-state index contributed by atoms with van der Waals surface area (Å²) in [5, 5.41) is 10.0. The zero-order valence-electron chi connectivity index (χ0n) is 15.0. The SMILES string of the molecule is O=C(N[C@@H](Nc1ccc2ccccc2c1)C(=O)c1ccccc1)c1cccs1. The van der Waals surface area contributed by atoms with Crippen LogP contribution in [-0.4, -0.2) is 17.9 Å². The summed E-state index contributed by atoms with van der Waals surface area (Å²) in [4.78, 5) is 26.2. The first-order valence-corrected chi connectivity index (χ1v) is 9.78. The molecule has 3 aromatic carbocycles. The lowest BCUT2D eigenvalue weighted by Gasteiger charge is -2.20. The minimum absolute atomic E-state index is 0.196. The largest absolute Gasteiger partial charge is 0.359 e. The molecule has 1 atom stereocenters. The molecule has 4 nitrogen and oxygen atoms in total. The molecule has 4 rings (SSSR count). The van der Waals surface area contributed by atoms with Crippen molar-refractivity contribution < 1.29 is 9.59 Å². The standard InChI is InChI=1S/C23H18N2O2S/c26-21(17-8-2-1-3-9-17)22(25-23(27)20-11-6-14-28-20)24-19-13-12-16-7-4-5-10-18(16)15-19/h1-15,22,24H,(H,25,27)/t22-/m1/s1. The Kier molecular flexibility index (Phi) is 5.17. The molecule has 2 N–H and O–H groups in total. The molecule has 0 saturated heterocycles. The van der Waals surface area contributed by atoms with Gasteiger partial charge in [0.2, 0.25) is 5.78 Å². The summed E-state index contributed by atoms with van der Waals surface area (Å²) in [6.45, 7) is 0. The summed E-state index contributed by atoms with van der Waals surface area (Å²) in [6.07, 6.45) is -0.877. The number of hydrogen-bond donors (Lipinski definition) is 2. The van der Waals surface area contributed by atoms with Crippen molar-refractivity contribution in [2.75, 3.05) is 5.32 Å². The van der Waals surface area contributed by atoms with E-state index in [2.05, 4.69) is 10.6 Å². The van der Waals surface area contributed by atoms with E-state index in [0.717, 1.165) is 16.5 Å². The summed E-state index contributed by atoms with van der Waals surface area (Å²) < 4.78 is 0. The highest BCUT2D eigenvalue weighted by Crippen LogP contribution is 2.20. The maximum atomic E-state index is 13.0. The van der Waals surface area contributed by atoms with E-state index in [1.807, 2.05) is 60.0 Å². The minimum atomic E-state index is -0.877. The van der Waals surface area contributed by atoms with Gasteiger partial charge in [-0.1, -0.05) is 66.7 Å². The van der Waals surface area contributed by atoms with Crippen LogP contribution in [0.15, 0.2) is 90.3 Å². The fourth-order valence-corrected chi connectivity index (χ4v) is 3.62. The number of ketones is 1. The van der Waals surface area contributed by atoms with Crippen LogP contribution in [0.3, 0.4) is 0 Å². The number of thiophene rings is 1. The Morgan fingerprint density at radius 3 is 2.29 bits per heavy atom. The van der Waals surface area contributed by atoms with Crippen LogP contribution in [0.4, 0.5) is 5.69 Å². The van der Waals surface area contributed by atoms with Crippen molar-refractivity contribution in [3.05, 3.63) is 101 Å². The normalized spacial score (nSPS) is 11.7. The van der Waals surface area contributed by atoms with E-state index >= 15 is 0 Å². The van der Waals surface area contributed by atoms with Crippen molar-refractivity contribution in [1.29, 1.82) is 0 Å². The molecular weight excluding hydrogens is 368 g/mol. The summed E-state index contributed by atoms with van der Waals surface area (Å²) in [5.74, 6) is -0.476. The molecule has 0 unspecified atom stereocenters. The molecule has 0 aliphatic heterocycles. The highest BCUT2D eigenvalue weighted by molar-refractivity contribution is 7.12. The molecule has 0 spiro atoms. The third-order valence-corrected chi connectivity index (χ3v) is 5.27. The van der Waals surface area contributed by atoms with Gasteiger partial charge in [-0.3, -0.25) is 9.59 Å². The molecular formula is C23H18N2O2S. The van der Waals surface area contributed by atoms with Crippen molar-refractivity contribution in [3.8, 4) is 0 Å². The smallest absolute Gasteiger partial charge is 0.263 e. The molecule has 138 valence electrons. The lowest BCUT2D eigenvalue weighted by atomic mass is 10.1. The zero-order valence-corrected chi connectivity index (χ0v) is 15.8. The summed E-state index contributed by atoms with van der Waals surface area (Å²) >= 11 is 1.34. The van der Waals surface area contributed by atoms with E-state index < -0.39 is 6.17 Å². The van der Waals surface area contributed by atoms with Gasteiger partial charge >= 0.3 is 0 Å². The van der Waals surface area contributed by atoms with E-state index in [4.69, 9.17) is 0 Å². The number of carbonyl (C=O) groups excluding carboxylic acids is 2. The minimum Gasteiger partial charge on any atom is -0.359 e. The average molecular weight is 386 g/mol. The number of carbonyl (C=O) groups is 2. The highest BCUT2D eigenvalue weighted by atomic mass is 32.1. The maximum absolute atomic E-state index is 13.0. The van der Waals surface area contributed by atoms with Gasteiger partial charge in [0.15, 0.2) is 6.17 Å². The molecule has 28 heavy (non-hydrogen) atoms. The Hall–Kier alpha value is -3.44. The summed E-state index contributed by atoms with van der Waals surface area (Å²) in [6, 6.07) is 26.4. The maximum Gasteiger partial charge on any atom is 0.263 e. The van der Waals surface area contributed by atoms with Gasteiger partial charge in [0, 0.05) is 11.3 Å². The molecule has 0 bridgehead atoms. The predicted octanol–water partition coefficient (Wildman–Crippen LogP) is 4.95. The third kappa shape index (κ3) is 3.94. The van der Waals surface area contributed by atoms with Gasteiger partial charge < -0.3 is 10.6 Å². The van der Waals surface area contributed by atoms with E-state index in [1.165, 1.54) is 11.3 Å². The Morgan fingerprint density at radius 1 is 0.786 bits per heavy atom. The van der Waals surface area contributed by atoms with Crippen LogP contribution >= 0.6 is 11.3 Å². The lowest BCUT2D eigenvalue weighted by molar-refractivity contribution is 0.0872. The Morgan fingerprint density at radius 2 is 1.54 bits per heavy atom. The van der Waals surface area contributed by atoms with E-state index in [0.29, 0.717) is 10.4 Å². The quantitative estimate of drug-likeness (QED) is 0.364. The fraction of sp³-hybridized carbons (Fsp3) is 0.0435. The highest BCUT2D eigenvalue weighted by Gasteiger charge is 2.23. The zero-order chi connectivity index (χ0) is 19.3. The Bertz CT molecular complexity index is 1110. The van der Waals surface area contributed by atoms with Crippen LogP contribution in [0.25, 0.3) is 10.8 Å². The molecule has 0 aliphatic carbocycles.